The van der Waals surface area contributed by atoms with Gasteiger partial charge in [-0.15, -0.1) is 0 Å². The summed E-state index contributed by atoms with van der Waals surface area (Å²) in [7, 11) is 0. The van der Waals surface area contributed by atoms with Crippen molar-refractivity contribution in [1.29, 1.82) is 0 Å². The molecule has 1 aliphatic carbocycles. The second kappa shape index (κ2) is 7.53. The zero-order valence-corrected chi connectivity index (χ0v) is 10.9. The van der Waals surface area contributed by atoms with Crippen molar-refractivity contribution in [3.63, 3.8) is 0 Å². The number of hydrogen-bond acceptors (Lipinski definition) is 3. The van der Waals surface area contributed by atoms with Crippen LogP contribution in [0.2, 0.25) is 0 Å². The maximum atomic E-state index is 9.27. The fourth-order valence-electron chi connectivity index (χ4n) is 2.45. The van der Waals surface area contributed by atoms with Crippen LogP contribution in [-0.4, -0.2) is 35.8 Å². The Morgan fingerprint density at radius 3 is 2.60 bits per heavy atom. The Kier molecular flexibility index (Phi) is 6.69. The molecule has 0 radical (unpaired) electrons. The normalized spacial score (nSPS) is 21.8. The van der Waals surface area contributed by atoms with Crippen LogP contribution < -0.4 is 5.32 Å². The summed E-state index contributed by atoms with van der Waals surface area (Å²) >= 11 is 1.85. The first-order chi connectivity index (χ1) is 7.27. The predicted octanol–water partition coefficient (Wildman–Crippen LogP) is 2.27. The molecule has 0 bridgehead atoms. The van der Waals surface area contributed by atoms with E-state index in [1.54, 1.807) is 0 Å². The van der Waals surface area contributed by atoms with E-state index >= 15 is 0 Å². The Labute approximate surface area is 98.2 Å². The SMILES string of the molecule is CSCCC(CO)NC(C)C1CCCC1. The van der Waals surface area contributed by atoms with E-state index in [9.17, 15) is 5.11 Å². The molecule has 3 heteroatoms. The van der Waals surface area contributed by atoms with Gasteiger partial charge in [0.05, 0.1) is 6.61 Å². The van der Waals surface area contributed by atoms with Crippen LogP contribution in [0, 0.1) is 5.92 Å². The lowest BCUT2D eigenvalue weighted by molar-refractivity contribution is 0.216. The second-order valence-electron chi connectivity index (χ2n) is 4.66. The van der Waals surface area contributed by atoms with Gasteiger partial charge >= 0.3 is 0 Å². The van der Waals surface area contributed by atoms with Gasteiger partial charge in [-0.3, -0.25) is 0 Å². The number of nitrogens with one attached hydrogen (secondary N) is 1. The van der Waals surface area contributed by atoms with Crippen molar-refractivity contribution < 1.29 is 5.11 Å². The summed E-state index contributed by atoms with van der Waals surface area (Å²) in [6, 6.07) is 0.875. The Hall–Kier alpha value is 0.270. The highest BCUT2D eigenvalue weighted by atomic mass is 32.2. The quantitative estimate of drug-likeness (QED) is 0.705. The fraction of sp³-hybridized carbons (Fsp3) is 1.00. The molecule has 2 nitrogen and oxygen atoms in total. The molecular weight excluding hydrogens is 206 g/mol. The minimum absolute atomic E-state index is 0.275. The monoisotopic (exact) mass is 231 g/mol. The van der Waals surface area contributed by atoms with Gasteiger partial charge in [0.2, 0.25) is 0 Å². The van der Waals surface area contributed by atoms with Crippen molar-refractivity contribution in [2.75, 3.05) is 18.6 Å². The number of hydrogen-bond donors (Lipinski definition) is 2. The molecule has 0 aromatic carbocycles. The smallest absolute Gasteiger partial charge is 0.0585 e. The van der Waals surface area contributed by atoms with Crippen LogP contribution in [0.1, 0.15) is 39.0 Å². The molecule has 15 heavy (non-hydrogen) atoms. The zero-order valence-electron chi connectivity index (χ0n) is 10.0. The van der Waals surface area contributed by atoms with E-state index in [4.69, 9.17) is 0 Å². The molecule has 0 aromatic rings. The maximum absolute atomic E-state index is 9.27. The van der Waals surface area contributed by atoms with E-state index in [0.717, 1.165) is 18.1 Å². The lowest BCUT2D eigenvalue weighted by Gasteiger charge is -2.25. The third-order valence-electron chi connectivity index (χ3n) is 3.50. The van der Waals surface area contributed by atoms with Crippen LogP contribution in [-0.2, 0) is 0 Å². The molecule has 0 heterocycles. The summed E-state index contributed by atoms with van der Waals surface area (Å²) in [6.07, 6.45) is 8.73. The molecule has 2 N–H and O–H groups in total. The van der Waals surface area contributed by atoms with E-state index in [1.165, 1.54) is 25.7 Å². The summed E-state index contributed by atoms with van der Waals surface area (Å²) in [5.74, 6) is 1.98. The van der Waals surface area contributed by atoms with Gasteiger partial charge in [0.15, 0.2) is 0 Å². The van der Waals surface area contributed by atoms with Gasteiger partial charge in [-0.2, -0.15) is 11.8 Å². The van der Waals surface area contributed by atoms with E-state index in [0.29, 0.717) is 12.1 Å². The van der Waals surface area contributed by atoms with E-state index in [1.807, 2.05) is 11.8 Å². The summed E-state index contributed by atoms with van der Waals surface area (Å²) in [5.41, 5.74) is 0. The van der Waals surface area contributed by atoms with E-state index in [-0.39, 0.29) is 6.61 Å². The first-order valence-electron chi connectivity index (χ1n) is 6.13. The summed E-state index contributed by atoms with van der Waals surface area (Å²) in [5, 5.41) is 12.9. The van der Waals surface area contributed by atoms with Crippen LogP contribution in [0.25, 0.3) is 0 Å². The molecule has 1 rings (SSSR count). The second-order valence-corrected chi connectivity index (χ2v) is 5.65. The third-order valence-corrected chi connectivity index (χ3v) is 4.14. The highest BCUT2D eigenvalue weighted by Crippen LogP contribution is 2.27. The minimum atomic E-state index is 0.275. The van der Waals surface area contributed by atoms with Gasteiger partial charge in [0, 0.05) is 12.1 Å². The predicted molar refractivity (Wildman–Crippen MR) is 68.4 cm³/mol. The molecule has 0 saturated heterocycles. The first-order valence-corrected chi connectivity index (χ1v) is 7.53. The Morgan fingerprint density at radius 1 is 1.40 bits per heavy atom. The molecule has 0 amide bonds. The van der Waals surface area contributed by atoms with Crippen molar-refractivity contribution in [3.05, 3.63) is 0 Å². The van der Waals surface area contributed by atoms with Gasteiger partial charge < -0.3 is 10.4 Å². The van der Waals surface area contributed by atoms with Crippen LogP contribution >= 0.6 is 11.8 Å². The third kappa shape index (κ3) is 4.75. The summed E-state index contributed by atoms with van der Waals surface area (Å²) in [4.78, 5) is 0. The van der Waals surface area contributed by atoms with Crippen LogP contribution in [0.15, 0.2) is 0 Å². The lowest BCUT2D eigenvalue weighted by atomic mass is 9.99. The molecule has 0 aliphatic heterocycles. The lowest BCUT2D eigenvalue weighted by Crippen LogP contribution is -2.42. The van der Waals surface area contributed by atoms with Gasteiger partial charge in [0.1, 0.15) is 0 Å². The average Bonchev–Trinajstić information content (AvgIpc) is 2.77. The molecule has 2 atom stereocenters. The van der Waals surface area contributed by atoms with Gasteiger partial charge in [-0.25, -0.2) is 0 Å². The van der Waals surface area contributed by atoms with Gasteiger partial charge in [-0.05, 0) is 44.1 Å². The zero-order chi connectivity index (χ0) is 11.1. The molecule has 0 aromatic heterocycles. The summed E-state index contributed by atoms with van der Waals surface area (Å²) < 4.78 is 0. The average molecular weight is 231 g/mol. The number of thioether (sulfide) groups is 1. The van der Waals surface area contributed by atoms with Crippen molar-refractivity contribution >= 4 is 11.8 Å². The fourth-order valence-corrected chi connectivity index (χ4v) is 2.97. The van der Waals surface area contributed by atoms with Crippen LogP contribution in [0.3, 0.4) is 0 Å². The molecule has 1 saturated carbocycles. The van der Waals surface area contributed by atoms with Crippen molar-refractivity contribution in [1.82, 2.24) is 5.32 Å². The molecule has 0 spiro atoms. The van der Waals surface area contributed by atoms with Crippen LogP contribution in [0.5, 0.6) is 0 Å². The highest BCUT2D eigenvalue weighted by molar-refractivity contribution is 7.98. The Bertz CT molecular complexity index is 160. The first kappa shape index (κ1) is 13.3. The molecular formula is C12H25NOS. The number of rotatable bonds is 7. The molecule has 90 valence electrons. The Balaban J connectivity index is 2.23. The van der Waals surface area contributed by atoms with Crippen molar-refractivity contribution in [3.8, 4) is 0 Å². The molecule has 2 unspecified atom stereocenters. The van der Waals surface area contributed by atoms with Crippen LogP contribution in [0.4, 0.5) is 0 Å². The minimum Gasteiger partial charge on any atom is -0.395 e. The van der Waals surface area contributed by atoms with E-state index in [2.05, 4.69) is 18.5 Å². The largest absolute Gasteiger partial charge is 0.395 e. The van der Waals surface area contributed by atoms with E-state index < -0.39 is 0 Å². The molecule has 1 fully saturated rings. The van der Waals surface area contributed by atoms with Crippen molar-refractivity contribution in [2.24, 2.45) is 5.92 Å². The highest BCUT2D eigenvalue weighted by Gasteiger charge is 2.23. The van der Waals surface area contributed by atoms with Gasteiger partial charge in [-0.1, -0.05) is 12.8 Å². The molecule has 1 aliphatic rings. The summed E-state index contributed by atoms with van der Waals surface area (Å²) in [6.45, 7) is 2.55. The topological polar surface area (TPSA) is 32.3 Å². The number of aliphatic hydroxyl groups is 1. The number of aliphatic hydroxyl groups excluding tert-OH is 1. The standard InChI is InChI=1S/C12H25NOS/c1-10(11-5-3-4-6-11)13-12(9-14)7-8-15-2/h10-14H,3-9H2,1-2H3. The van der Waals surface area contributed by atoms with Crippen molar-refractivity contribution in [2.45, 2.75) is 51.1 Å². The Morgan fingerprint density at radius 2 is 2.07 bits per heavy atom. The van der Waals surface area contributed by atoms with Gasteiger partial charge in [0.25, 0.3) is 0 Å². The maximum Gasteiger partial charge on any atom is 0.0585 e.